The Bertz CT molecular complexity index is 595. The van der Waals surface area contributed by atoms with Crippen molar-refractivity contribution < 1.29 is 9.90 Å². The first-order valence-electron chi connectivity index (χ1n) is 9.44. The molecule has 0 bridgehead atoms. The first-order valence-corrected chi connectivity index (χ1v) is 9.44. The molecule has 0 aromatic heterocycles. The van der Waals surface area contributed by atoms with Crippen molar-refractivity contribution in [1.82, 2.24) is 10.2 Å². The van der Waals surface area contributed by atoms with E-state index in [0.29, 0.717) is 18.9 Å². The van der Waals surface area contributed by atoms with Gasteiger partial charge in [0.25, 0.3) is 5.91 Å². The molecule has 2 saturated carbocycles. The molecule has 1 amide bonds. The van der Waals surface area contributed by atoms with E-state index in [1.807, 2.05) is 11.0 Å². The summed E-state index contributed by atoms with van der Waals surface area (Å²) in [6.45, 7) is 2.01. The summed E-state index contributed by atoms with van der Waals surface area (Å²) in [4.78, 5) is 14.7. The van der Waals surface area contributed by atoms with Crippen molar-refractivity contribution in [2.75, 3.05) is 19.6 Å². The zero-order valence-electron chi connectivity index (χ0n) is 14.3. The number of carbonyl (C=O) groups excluding carboxylic acids is 1. The maximum atomic E-state index is 12.8. The first kappa shape index (κ1) is 16.1. The summed E-state index contributed by atoms with van der Waals surface area (Å²) < 4.78 is 0. The van der Waals surface area contributed by atoms with Gasteiger partial charge in [-0.05, 0) is 50.0 Å². The molecule has 3 aliphatic rings. The van der Waals surface area contributed by atoms with Gasteiger partial charge in [-0.1, -0.05) is 36.8 Å². The van der Waals surface area contributed by atoms with Gasteiger partial charge in [-0.3, -0.25) is 4.79 Å². The summed E-state index contributed by atoms with van der Waals surface area (Å²) in [5.74, 6) is 0.598. The molecule has 0 radical (unpaired) electrons. The fourth-order valence-electron chi connectivity index (χ4n) is 4.16. The van der Waals surface area contributed by atoms with Crippen LogP contribution in [0.4, 0.5) is 0 Å². The number of nitrogens with zero attached hydrogens (tertiary/aromatic N) is 1. The highest BCUT2D eigenvalue weighted by Gasteiger charge is 2.48. The van der Waals surface area contributed by atoms with Crippen LogP contribution in [0.1, 0.15) is 50.5 Å². The zero-order valence-corrected chi connectivity index (χ0v) is 14.3. The van der Waals surface area contributed by atoms with Crippen LogP contribution in [0.5, 0.6) is 0 Å². The van der Waals surface area contributed by atoms with Crippen molar-refractivity contribution in [2.24, 2.45) is 5.92 Å². The smallest absolute Gasteiger partial charge is 0.255 e. The summed E-state index contributed by atoms with van der Waals surface area (Å²) in [5, 5.41) is 14.5. The molecule has 1 aromatic carbocycles. The maximum absolute atomic E-state index is 12.8. The van der Waals surface area contributed by atoms with Crippen LogP contribution in [0.15, 0.2) is 30.3 Å². The third kappa shape index (κ3) is 2.98. The Kier molecular flexibility index (Phi) is 4.13. The molecule has 130 valence electrons. The van der Waals surface area contributed by atoms with Crippen LogP contribution in [0.3, 0.4) is 0 Å². The number of carbonyl (C=O) groups is 1. The van der Waals surface area contributed by atoms with Crippen LogP contribution in [-0.2, 0) is 10.3 Å². The third-order valence-corrected chi connectivity index (χ3v) is 6.20. The van der Waals surface area contributed by atoms with Crippen molar-refractivity contribution in [2.45, 2.75) is 56.1 Å². The summed E-state index contributed by atoms with van der Waals surface area (Å²) in [6.07, 6.45) is 7.38. The summed E-state index contributed by atoms with van der Waals surface area (Å²) >= 11 is 0. The molecule has 24 heavy (non-hydrogen) atoms. The van der Waals surface area contributed by atoms with Crippen molar-refractivity contribution in [3.05, 3.63) is 35.9 Å². The second-order valence-corrected chi connectivity index (χ2v) is 7.98. The van der Waals surface area contributed by atoms with E-state index in [4.69, 9.17) is 0 Å². The third-order valence-electron chi connectivity index (χ3n) is 6.20. The Morgan fingerprint density at radius 2 is 1.88 bits per heavy atom. The minimum absolute atomic E-state index is 0.0342. The Labute approximate surface area is 144 Å². The molecule has 3 fully saturated rings. The van der Waals surface area contributed by atoms with Crippen LogP contribution < -0.4 is 5.32 Å². The molecule has 1 atom stereocenters. The fraction of sp³-hybridized carbons (Fsp3) is 0.650. The number of nitrogens with one attached hydrogen (secondary N) is 1. The van der Waals surface area contributed by atoms with Gasteiger partial charge in [-0.15, -0.1) is 0 Å². The summed E-state index contributed by atoms with van der Waals surface area (Å²) in [7, 11) is 0. The maximum Gasteiger partial charge on any atom is 0.255 e. The minimum Gasteiger partial charge on any atom is -0.379 e. The topological polar surface area (TPSA) is 52.6 Å². The number of hydrogen-bond donors (Lipinski definition) is 2. The van der Waals surface area contributed by atoms with Crippen molar-refractivity contribution >= 4 is 5.91 Å². The molecule has 1 aliphatic heterocycles. The Hall–Kier alpha value is -1.39. The molecule has 1 saturated heterocycles. The van der Waals surface area contributed by atoms with Crippen LogP contribution in [0.2, 0.25) is 0 Å². The van der Waals surface area contributed by atoms with Gasteiger partial charge in [0, 0.05) is 25.2 Å². The van der Waals surface area contributed by atoms with E-state index in [2.05, 4.69) is 29.6 Å². The fourth-order valence-corrected chi connectivity index (χ4v) is 4.16. The number of aliphatic hydroxyl groups is 1. The van der Waals surface area contributed by atoms with E-state index in [0.717, 1.165) is 32.4 Å². The lowest BCUT2D eigenvalue weighted by Crippen LogP contribution is -2.59. The number of piperidine rings is 1. The van der Waals surface area contributed by atoms with Gasteiger partial charge in [0.15, 0.2) is 5.60 Å². The molecule has 2 aliphatic carbocycles. The molecular formula is C20H28N2O2. The SMILES string of the molecule is O=C1N(CC2CCC2)CCC[C@@]1(O)CNC1(c2ccccc2)CC1. The number of hydrogen-bond acceptors (Lipinski definition) is 3. The molecule has 0 spiro atoms. The Morgan fingerprint density at radius 3 is 2.50 bits per heavy atom. The van der Waals surface area contributed by atoms with Gasteiger partial charge in [0.2, 0.25) is 0 Å². The number of benzene rings is 1. The molecule has 1 heterocycles. The van der Waals surface area contributed by atoms with Crippen molar-refractivity contribution in [1.29, 1.82) is 0 Å². The van der Waals surface area contributed by atoms with E-state index in [1.165, 1.54) is 24.8 Å². The normalized spacial score (nSPS) is 29.4. The van der Waals surface area contributed by atoms with Crippen LogP contribution in [0, 0.1) is 5.92 Å². The van der Waals surface area contributed by atoms with Crippen LogP contribution in [-0.4, -0.2) is 41.1 Å². The van der Waals surface area contributed by atoms with E-state index in [1.54, 1.807) is 0 Å². The lowest BCUT2D eigenvalue weighted by atomic mass is 9.83. The van der Waals surface area contributed by atoms with Gasteiger partial charge in [-0.2, -0.15) is 0 Å². The largest absolute Gasteiger partial charge is 0.379 e. The second kappa shape index (κ2) is 6.16. The van der Waals surface area contributed by atoms with Gasteiger partial charge in [-0.25, -0.2) is 0 Å². The highest BCUT2D eigenvalue weighted by molar-refractivity contribution is 5.86. The van der Waals surface area contributed by atoms with Crippen LogP contribution in [0.25, 0.3) is 0 Å². The first-order chi connectivity index (χ1) is 11.6. The monoisotopic (exact) mass is 328 g/mol. The van der Waals surface area contributed by atoms with Gasteiger partial charge < -0.3 is 15.3 Å². The van der Waals surface area contributed by atoms with Crippen LogP contribution >= 0.6 is 0 Å². The summed E-state index contributed by atoms with van der Waals surface area (Å²) in [6, 6.07) is 10.4. The van der Waals surface area contributed by atoms with E-state index < -0.39 is 5.60 Å². The molecule has 2 N–H and O–H groups in total. The predicted octanol–water partition coefficient (Wildman–Crippen LogP) is 2.42. The number of rotatable bonds is 6. The molecule has 0 unspecified atom stereocenters. The van der Waals surface area contributed by atoms with Gasteiger partial charge >= 0.3 is 0 Å². The highest BCUT2D eigenvalue weighted by Crippen LogP contribution is 2.45. The number of likely N-dealkylation sites (tertiary alicyclic amines) is 1. The van der Waals surface area contributed by atoms with E-state index in [-0.39, 0.29) is 11.4 Å². The average Bonchev–Trinajstić information content (AvgIpc) is 3.35. The predicted molar refractivity (Wildman–Crippen MR) is 93.5 cm³/mol. The van der Waals surface area contributed by atoms with Gasteiger partial charge in [0.1, 0.15) is 0 Å². The molecule has 1 aromatic rings. The standard InChI is InChI=1S/C20H28N2O2/c23-18-20(24,10-5-13-22(18)14-16-6-4-7-16)15-21-19(11-12-19)17-8-2-1-3-9-17/h1-3,8-9,16,21,24H,4-7,10-15H2/t20-/m1/s1. The molecule has 4 rings (SSSR count). The zero-order chi connectivity index (χ0) is 16.6. The van der Waals surface area contributed by atoms with Crippen molar-refractivity contribution in [3.8, 4) is 0 Å². The van der Waals surface area contributed by atoms with Crippen molar-refractivity contribution in [3.63, 3.8) is 0 Å². The molecule has 4 heteroatoms. The number of amides is 1. The summed E-state index contributed by atoms with van der Waals surface area (Å²) in [5.41, 5.74) is 0.00283. The average molecular weight is 328 g/mol. The van der Waals surface area contributed by atoms with E-state index >= 15 is 0 Å². The molecule has 4 nitrogen and oxygen atoms in total. The minimum atomic E-state index is -1.23. The Balaban J connectivity index is 1.40. The van der Waals surface area contributed by atoms with Gasteiger partial charge in [0.05, 0.1) is 0 Å². The highest BCUT2D eigenvalue weighted by atomic mass is 16.3. The lowest BCUT2D eigenvalue weighted by molar-refractivity contribution is -0.158. The Morgan fingerprint density at radius 1 is 1.12 bits per heavy atom. The second-order valence-electron chi connectivity index (χ2n) is 7.98. The molecular weight excluding hydrogens is 300 g/mol. The van der Waals surface area contributed by atoms with E-state index in [9.17, 15) is 9.90 Å². The quantitative estimate of drug-likeness (QED) is 0.843. The lowest BCUT2D eigenvalue weighted by Gasteiger charge is -2.41.